The number of halogens is 1. The number of hydrogen-bond acceptors (Lipinski definition) is 8. The van der Waals surface area contributed by atoms with Crippen LogP contribution in [0.5, 0.6) is 5.75 Å². The monoisotopic (exact) mass is 959 g/mol. The Morgan fingerprint density at radius 2 is 1.49 bits per heavy atom. The SMILES string of the molecule is Cc1ncsc1-c1ccc(CNC(=O)[C@@H]2C[C@@H](O)CN2C(=O)[C@@H](NC(=O)CCCCCCC(=O)N(C)CCOc2ccc(/C(=C(/CCCl)c3ccccc3)c3ccccc3)cc2)C(C)(C)C)cc1. The van der Waals surface area contributed by atoms with Crippen molar-refractivity contribution in [2.75, 3.05) is 32.6 Å². The molecule has 3 atom stereocenters. The van der Waals surface area contributed by atoms with E-state index in [9.17, 15) is 24.3 Å². The number of carbonyl (C=O) groups excluding carboxylic acids is 4. The van der Waals surface area contributed by atoms with Gasteiger partial charge in [-0.25, -0.2) is 4.98 Å². The van der Waals surface area contributed by atoms with E-state index in [0.29, 0.717) is 38.3 Å². The number of aromatic nitrogens is 1. The normalized spacial score (nSPS) is 15.6. The van der Waals surface area contributed by atoms with E-state index in [-0.39, 0.29) is 49.6 Å². The smallest absolute Gasteiger partial charge is 0.246 e. The Balaban J connectivity index is 0.905. The van der Waals surface area contributed by atoms with Gasteiger partial charge in [-0.15, -0.1) is 22.9 Å². The summed E-state index contributed by atoms with van der Waals surface area (Å²) in [5.41, 5.74) is 9.74. The van der Waals surface area contributed by atoms with Crippen molar-refractivity contribution in [3.05, 3.63) is 143 Å². The first kappa shape index (κ1) is 51.6. The standard InChI is InChI=1S/C55H66ClN5O6S/c1-38-51(68-37-58-38)43-24-22-39(23-25-43)35-57-53(65)47-34-44(62)36-61(47)54(66)52(55(2,3)4)59-48(63)20-14-6-7-15-21-49(64)60(5)32-33-67-45-28-26-42(27-29-45)50(41-18-12-9-13-19-41)46(30-31-56)40-16-10-8-11-17-40/h8-13,16-19,22-29,37,44,47,52,62H,6-7,14-15,20-21,30-36H2,1-5H3,(H,57,65)(H,59,63)/b50-46-/t44-,47+,52-/m1/s1. The van der Waals surface area contributed by atoms with Gasteiger partial charge in [0, 0.05) is 45.3 Å². The Bertz CT molecular complexity index is 2450. The summed E-state index contributed by atoms with van der Waals surface area (Å²) in [4.78, 5) is 62.2. The molecule has 360 valence electrons. The molecular formula is C55H66ClN5O6S. The van der Waals surface area contributed by atoms with Crippen molar-refractivity contribution < 1.29 is 29.0 Å². The van der Waals surface area contributed by atoms with Gasteiger partial charge in [-0.05, 0) is 82.7 Å². The highest BCUT2D eigenvalue weighted by atomic mass is 35.5. The first-order chi connectivity index (χ1) is 32.7. The zero-order valence-corrected chi connectivity index (χ0v) is 41.6. The number of carbonyl (C=O) groups is 4. The lowest BCUT2D eigenvalue weighted by atomic mass is 9.85. The van der Waals surface area contributed by atoms with Crippen molar-refractivity contribution in [1.29, 1.82) is 0 Å². The molecule has 2 heterocycles. The van der Waals surface area contributed by atoms with Gasteiger partial charge in [0.15, 0.2) is 0 Å². The number of thiazole rings is 1. The minimum atomic E-state index is -0.890. The molecule has 0 radical (unpaired) electrons. The number of alkyl halides is 1. The summed E-state index contributed by atoms with van der Waals surface area (Å²) in [6.07, 6.45) is 3.45. The molecule has 11 nitrogen and oxygen atoms in total. The van der Waals surface area contributed by atoms with Gasteiger partial charge >= 0.3 is 0 Å². The first-order valence-electron chi connectivity index (χ1n) is 23.7. The topological polar surface area (TPSA) is 141 Å². The molecule has 1 aliphatic heterocycles. The predicted octanol–water partition coefficient (Wildman–Crippen LogP) is 9.69. The van der Waals surface area contributed by atoms with Crippen molar-refractivity contribution in [1.82, 2.24) is 25.4 Å². The van der Waals surface area contributed by atoms with Gasteiger partial charge in [-0.3, -0.25) is 19.2 Å². The second-order valence-corrected chi connectivity index (χ2v) is 19.8. The van der Waals surface area contributed by atoms with E-state index in [4.69, 9.17) is 16.3 Å². The number of nitrogens with zero attached hydrogens (tertiary/aromatic N) is 3. The number of rotatable bonds is 22. The number of aryl methyl sites for hydroxylation is 1. The van der Waals surface area contributed by atoms with Crippen molar-refractivity contribution in [2.24, 2.45) is 5.41 Å². The summed E-state index contributed by atoms with van der Waals surface area (Å²) in [6, 6.07) is 34.9. The fraction of sp³-hybridized carbons (Fsp3) is 0.400. The zero-order valence-electron chi connectivity index (χ0n) is 40.0. The molecular weight excluding hydrogens is 894 g/mol. The molecule has 1 aliphatic rings. The van der Waals surface area contributed by atoms with Crippen LogP contribution in [-0.2, 0) is 25.7 Å². The average Bonchev–Trinajstić information content (AvgIpc) is 3.96. The largest absolute Gasteiger partial charge is 0.492 e. The number of ether oxygens (including phenoxy) is 1. The third kappa shape index (κ3) is 14.4. The molecule has 0 unspecified atom stereocenters. The highest BCUT2D eigenvalue weighted by molar-refractivity contribution is 7.13. The van der Waals surface area contributed by atoms with E-state index < -0.39 is 23.6 Å². The molecule has 0 spiro atoms. The maximum absolute atomic E-state index is 14.0. The van der Waals surface area contributed by atoms with E-state index in [1.807, 2.05) is 106 Å². The zero-order chi connectivity index (χ0) is 48.6. The van der Waals surface area contributed by atoms with Crippen LogP contribution in [-0.4, -0.2) is 94.3 Å². The van der Waals surface area contributed by atoms with Crippen LogP contribution >= 0.6 is 22.9 Å². The summed E-state index contributed by atoms with van der Waals surface area (Å²) >= 11 is 7.90. The number of likely N-dealkylation sites (tertiary alicyclic amines) is 1. The molecule has 5 aromatic rings. The number of benzene rings is 4. The maximum atomic E-state index is 14.0. The lowest BCUT2D eigenvalue weighted by Crippen LogP contribution is -2.57. The number of β-amino-alcohol motifs (C(OH)–C–C–N with tert-alkyl or cyclic N) is 1. The second kappa shape index (κ2) is 25.0. The molecule has 3 N–H and O–H groups in total. The summed E-state index contributed by atoms with van der Waals surface area (Å²) < 4.78 is 6.07. The molecule has 13 heteroatoms. The van der Waals surface area contributed by atoms with Crippen LogP contribution in [0.1, 0.15) is 100 Å². The number of aliphatic hydroxyl groups excluding tert-OH is 1. The lowest BCUT2D eigenvalue weighted by molar-refractivity contribution is -0.144. The molecule has 0 saturated carbocycles. The lowest BCUT2D eigenvalue weighted by Gasteiger charge is -2.35. The average molecular weight is 961 g/mol. The van der Waals surface area contributed by atoms with Crippen molar-refractivity contribution in [3.8, 4) is 16.2 Å². The number of aliphatic hydroxyl groups is 1. The van der Waals surface area contributed by atoms with Crippen LogP contribution in [0.25, 0.3) is 21.6 Å². The Kier molecular flexibility index (Phi) is 18.9. The number of hydrogen-bond donors (Lipinski definition) is 3. The number of amides is 4. The summed E-state index contributed by atoms with van der Waals surface area (Å²) in [5, 5.41) is 16.5. The number of likely N-dealkylation sites (N-methyl/N-ethyl adjacent to an activating group) is 1. The van der Waals surface area contributed by atoms with E-state index >= 15 is 0 Å². The predicted molar refractivity (Wildman–Crippen MR) is 273 cm³/mol. The molecule has 1 saturated heterocycles. The van der Waals surface area contributed by atoms with Gasteiger partial charge in [0.1, 0.15) is 24.4 Å². The third-order valence-corrected chi connectivity index (χ3v) is 13.5. The van der Waals surface area contributed by atoms with Crippen LogP contribution in [0, 0.1) is 12.3 Å². The van der Waals surface area contributed by atoms with Crippen molar-refractivity contribution >= 4 is 57.7 Å². The van der Waals surface area contributed by atoms with Crippen molar-refractivity contribution in [2.45, 2.75) is 104 Å². The first-order valence-corrected chi connectivity index (χ1v) is 25.1. The third-order valence-electron chi connectivity index (χ3n) is 12.4. The quantitative estimate of drug-likeness (QED) is 0.0357. The Morgan fingerprint density at radius 1 is 0.853 bits per heavy atom. The molecule has 68 heavy (non-hydrogen) atoms. The van der Waals surface area contributed by atoms with E-state index in [1.165, 1.54) is 10.5 Å². The fourth-order valence-corrected chi connectivity index (χ4v) is 9.53. The highest BCUT2D eigenvalue weighted by Crippen LogP contribution is 2.36. The minimum absolute atomic E-state index is 0.0118. The van der Waals surface area contributed by atoms with Crippen molar-refractivity contribution in [3.63, 3.8) is 0 Å². The van der Waals surface area contributed by atoms with Crippen LogP contribution in [0.4, 0.5) is 0 Å². The van der Waals surface area contributed by atoms with Gasteiger partial charge in [0.2, 0.25) is 23.6 Å². The fourth-order valence-electron chi connectivity index (χ4n) is 8.53. The Morgan fingerprint density at radius 3 is 2.10 bits per heavy atom. The van der Waals surface area contributed by atoms with E-state index in [2.05, 4.69) is 52.0 Å². The maximum Gasteiger partial charge on any atom is 0.246 e. The number of nitrogens with one attached hydrogen (secondary N) is 2. The molecule has 6 rings (SSSR count). The van der Waals surface area contributed by atoms with Gasteiger partial charge in [-0.1, -0.05) is 131 Å². The Hall–Kier alpha value is -5.82. The molecule has 0 aliphatic carbocycles. The van der Waals surface area contributed by atoms with E-state index in [1.54, 1.807) is 23.3 Å². The molecule has 4 amide bonds. The summed E-state index contributed by atoms with van der Waals surface area (Å²) in [5.74, 6) is 0.272. The summed E-state index contributed by atoms with van der Waals surface area (Å²) in [6.45, 7) is 8.68. The van der Waals surface area contributed by atoms with Gasteiger partial charge < -0.3 is 30.3 Å². The molecule has 1 aromatic heterocycles. The van der Waals surface area contributed by atoms with Gasteiger partial charge in [-0.2, -0.15) is 0 Å². The van der Waals surface area contributed by atoms with Gasteiger partial charge in [0.05, 0.1) is 28.7 Å². The van der Waals surface area contributed by atoms with E-state index in [0.717, 1.165) is 69.0 Å². The van der Waals surface area contributed by atoms with Gasteiger partial charge in [0.25, 0.3) is 0 Å². The molecule has 4 aromatic carbocycles. The second-order valence-electron chi connectivity index (χ2n) is 18.6. The number of unbranched alkanes of at least 4 members (excludes halogenated alkanes) is 3. The highest BCUT2D eigenvalue weighted by Gasteiger charge is 2.44. The Labute approximate surface area is 411 Å². The van der Waals surface area contributed by atoms with Crippen LogP contribution in [0.3, 0.4) is 0 Å². The summed E-state index contributed by atoms with van der Waals surface area (Å²) in [7, 11) is 1.79. The number of allylic oxidation sites excluding steroid dienone is 1. The van der Waals surface area contributed by atoms with Crippen LogP contribution in [0.2, 0.25) is 0 Å². The molecule has 0 bridgehead atoms. The van der Waals surface area contributed by atoms with Crippen LogP contribution in [0.15, 0.2) is 115 Å². The molecule has 1 fully saturated rings. The van der Waals surface area contributed by atoms with Crippen LogP contribution < -0.4 is 15.4 Å². The minimum Gasteiger partial charge on any atom is -0.492 e.